The number of carbonyl (C=O) groups excluding carboxylic acids is 1. The smallest absolute Gasteiger partial charge is 0.255 e. The van der Waals surface area contributed by atoms with Crippen LogP contribution in [0.25, 0.3) is 0 Å². The van der Waals surface area contributed by atoms with Crippen LogP contribution in [0.3, 0.4) is 0 Å². The van der Waals surface area contributed by atoms with Crippen LogP contribution >= 0.6 is 27.7 Å². The third-order valence-electron chi connectivity index (χ3n) is 2.67. The standard InChI is InChI=1S/C16H13BrFNOS/c1-2-9-21-15-6-4-3-5-14(15)19-16(20)11-7-8-13(18)12(17)10-11/h2-8,10H,1,9H2,(H,19,20). The number of benzene rings is 2. The van der Waals surface area contributed by atoms with E-state index in [0.29, 0.717) is 5.56 Å². The predicted octanol–water partition coefficient (Wildman–Crippen LogP) is 5.12. The number of thioether (sulfide) groups is 1. The predicted molar refractivity (Wildman–Crippen MR) is 89.4 cm³/mol. The summed E-state index contributed by atoms with van der Waals surface area (Å²) in [6.07, 6.45) is 1.81. The van der Waals surface area contributed by atoms with Crippen LogP contribution in [0.1, 0.15) is 10.4 Å². The van der Waals surface area contributed by atoms with E-state index in [2.05, 4.69) is 27.8 Å². The second-order valence-corrected chi connectivity index (χ2v) is 6.10. The second kappa shape index (κ2) is 7.43. The second-order valence-electron chi connectivity index (χ2n) is 4.18. The zero-order valence-corrected chi connectivity index (χ0v) is 13.5. The maximum absolute atomic E-state index is 13.2. The third-order valence-corrected chi connectivity index (χ3v) is 4.35. The van der Waals surface area contributed by atoms with Crippen LogP contribution in [0.2, 0.25) is 0 Å². The summed E-state index contributed by atoms with van der Waals surface area (Å²) < 4.78 is 13.5. The number of hydrogen-bond acceptors (Lipinski definition) is 2. The van der Waals surface area contributed by atoms with Crippen molar-refractivity contribution < 1.29 is 9.18 Å². The van der Waals surface area contributed by atoms with Gasteiger partial charge < -0.3 is 5.32 Å². The highest BCUT2D eigenvalue weighted by Crippen LogP contribution is 2.27. The van der Waals surface area contributed by atoms with Crippen molar-refractivity contribution in [3.8, 4) is 0 Å². The first-order valence-electron chi connectivity index (χ1n) is 6.21. The summed E-state index contributed by atoms with van der Waals surface area (Å²) >= 11 is 4.67. The minimum Gasteiger partial charge on any atom is -0.321 e. The minimum absolute atomic E-state index is 0.268. The van der Waals surface area contributed by atoms with Crippen LogP contribution in [-0.4, -0.2) is 11.7 Å². The molecule has 0 atom stereocenters. The van der Waals surface area contributed by atoms with Gasteiger partial charge in [0.2, 0.25) is 0 Å². The number of hydrogen-bond donors (Lipinski definition) is 1. The van der Waals surface area contributed by atoms with E-state index in [-0.39, 0.29) is 10.4 Å². The van der Waals surface area contributed by atoms with Gasteiger partial charge in [-0.25, -0.2) is 4.39 Å². The highest BCUT2D eigenvalue weighted by molar-refractivity contribution is 9.10. The number of amides is 1. The molecule has 0 radical (unpaired) electrons. The van der Waals surface area contributed by atoms with Crippen molar-refractivity contribution in [2.75, 3.05) is 11.1 Å². The van der Waals surface area contributed by atoms with Gasteiger partial charge in [-0.3, -0.25) is 4.79 Å². The summed E-state index contributed by atoms with van der Waals surface area (Å²) in [5.74, 6) is 0.0884. The van der Waals surface area contributed by atoms with E-state index < -0.39 is 5.82 Å². The molecule has 0 aliphatic heterocycles. The first-order chi connectivity index (χ1) is 10.1. The zero-order chi connectivity index (χ0) is 15.2. The molecule has 21 heavy (non-hydrogen) atoms. The number of nitrogens with one attached hydrogen (secondary N) is 1. The fourth-order valence-corrected chi connectivity index (χ4v) is 2.80. The van der Waals surface area contributed by atoms with Gasteiger partial charge in [0.25, 0.3) is 5.91 Å². The molecule has 1 amide bonds. The normalized spacial score (nSPS) is 10.2. The molecule has 0 saturated heterocycles. The molecule has 0 aliphatic carbocycles. The molecule has 2 nitrogen and oxygen atoms in total. The summed E-state index contributed by atoms with van der Waals surface area (Å²) in [5, 5.41) is 2.85. The monoisotopic (exact) mass is 365 g/mol. The highest BCUT2D eigenvalue weighted by Gasteiger charge is 2.11. The molecule has 108 valence electrons. The van der Waals surface area contributed by atoms with Gasteiger partial charge in [0, 0.05) is 16.2 Å². The van der Waals surface area contributed by atoms with E-state index >= 15 is 0 Å². The lowest BCUT2D eigenvalue weighted by atomic mass is 10.2. The Bertz CT molecular complexity index is 675. The summed E-state index contributed by atoms with van der Waals surface area (Å²) in [6.45, 7) is 3.68. The number of rotatable bonds is 5. The van der Waals surface area contributed by atoms with Gasteiger partial charge in [0.15, 0.2) is 0 Å². The van der Waals surface area contributed by atoms with Crippen molar-refractivity contribution in [1.82, 2.24) is 0 Å². The van der Waals surface area contributed by atoms with Crippen molar-refractivity contribution in [2.45, 2.75) is 4.90 Å². The van der Waals surface area contributed by atoms with E-state index in [9.17, 15) is 9.18 Å². The lowest BCUT2D eigenvalue weighted by molar-refractivity contribution is 0.102. The van der Waals surface area contributed by atoms with Crippen molar-refractivity contribution >= 4 is 39.3 Å². The molecule has 0 spiro atoms. The highest BCUT2D eigenvalue weighted by atomic mass is 79.9. The van der Waals surface area contributed by atoms with E-state index in [4.69, 9.17) is 0 Å². The molecule has 0 fully saturated rings. The molecular weight excluding hydrogens is 353 g/mol. The SMILES string of the molecule is C=CCSc1ccccc1NC(=O)c1ccc(F)c(Br)c1. The maximum atomic E-state index is 13.2. The molecule has 2 aromatic carbocycles. The van der Waals surface area contributed by atoms with E-state index in [1.807, 2.05) is 24.3 Å². The van der Waals surface area contributed by atoms with E-state index in [1.54, 1.807) is 17.8 Å². The van der Waals surface area contributed by atoms with Crippen LogP contribution in [0.4, 0.5) is 10.1 Å². The number of para-hydroxylation sites is 1. The lowest BCUT2D eigenvalue weighted by Crippen LogP contribution is -2.12. The molecule has 0 heterocycles. The third kappa shape index (κ3) is 4.19. The first-order valence-corrected chi connectivity index (χ1v) is 7.99. The van der Waals surface area contributed by atoms with Crippen molar-refractivity contribution in [2.24, 2.45) is 0 Å². The number of carbonyl (C=O) groups is 1. The van der Waals surface area contributed by atoms with Crippen molar-refractivity contribution in [1.29, 1.82) is 0 Å². The maximum Gasteiger partial charge on any atom is 0.255 e. The van der Waals surface area contributed by atoms with Gasteiger partial charge >= 0.3 is 0 Å². The Balaban J connectivity index is 2.19. The van der Waals surface area contributed by atoms with Gasteiger partial charge in [-0.05, 0) is 46.3 Å². The van der Waals surface area contributed by atoms with E-state index in [0.717, 1.165) is 16.3 Å². The van der Waals surface area contributed by atoms with Crippen LogP contribution in [0.15, 0.2) is 64.5 Å². The summed E-state index contributed by atoms with van der Waals surface area (Å²) in [4.78, 5) is 13.2. The molecule has 1 N–H and O–H groups in total. The van der Waals surface area contributed by atoms with Crippen LogP contribution in [0.5, 0.6) is 0 Å². The molecule has 0 bridgehead atoms. The van der Waals surface area contributed by atoms with Gasteiger partial charge in [0.1, 0.15) is 5.82 Å². The fourth-order valence-electron chi connectivity index (χ4n) is 1.68. The average Bonchev–Trinajstić information content (AvgIpc) is 2.49. The minimum atomic E-state index is -0.395. The fraction of sp³-hybridized carbons (Fsp3) is 0.0625. The first kappa shape index (κ1) is 15.8. The average molecular weight is 366 g/mol. The lowest BCUT2D eigenvalue weighted by Gasteiger charge is -2.10. The van der Waals surface area contributed by atoms with Gasteiger partial charge in [-0.2, -0.15) is 0 Å². The number of anilines is 1. The Morgan fingerprint density at radius 2 is 2.10 bits per heavy atom. The molecule has 0 saturated carbocycles. The van der Waals surface area contributed by atoms with Crippen LogP contribution < -0.4 is 5.32 Å². The molecule has 2 rings (SSSR count). The Morgan fingerprint density at radius 3 is 2.81 bits per heavy atom. The van der Waals surface area contributed by atoms with Crippen LogP contribution in [0, 0.1) is 5.82 Å². The number of halogens is 2. The topological polar surface area (TPSA) is 29.1 Å². The molecule has 0 unspecified atom stereocenters. The Kier molecular flexibility index (Phi) is 5.59. The van der Waals surface area contributed by atoms with Gasteiger partial charge in [-0.15, -0.1) is 18.3 Å². The molecule has 0 aromatic heterocycles. The largest absolute Gasteiger partial charge is 0.321 e. The quantitative estimate of drug-likeness (QED) is 0.588. The van der Waals surface area contributed by atoms with Crippen LogP contribution in [-0.2, 0) is 0 Å². The van der Waals surface area contributed by atoms with Crippen molar-refractivity contribution in [3.63, 3.8) is 0 Å². The molecular formula is C16H13BrFNOS. The summed E-state index contributed by atoms with van der Waals surface area (Å²) in [7, 11) is 0. The Hall–Kier alpha value is -1.59. The van der Waals surface area contributed by atoms with Crippen molar-refractivity contribution in [3.05, 3.63) is 71.0 Å². The zero-order valence-electron chi connectivity index (χ0n) is 11.1. The van der Waals surface area contributed by atoms with E-state index in [1.165, 1.54) is 18.2 Å². The molecule has 2 aromatic rings. The summed E-state index contributed by atoms with van der Waals surface area (Å²) in [5.41, 5.74) is 1.13. The van der Waals surface area contributed by atoms with Gasteiger partial charge in [-0.1, -0.05) is 18.2 Å². The Labute approximate surface area is 135 Å². The summed E-state index contributed by atoms with van der Waals surface area (Å²) in [6, 6.07) is 11.7. The van der Waals surface area contributed by atoms with Gasteiger partial charge in [0.05, 0.1) is 10.2 Å². The Morgan fingerprint density at radius 1 is 1.33 bits per heavy atom. The molecule has 5 heteroatoms. The molecule has 0 aliphatic rings.